The van der Waals surface area contributed by atoms with E-state index in [9.17, 15) is 9.59 Å². The largest absolute Gasteiger partial charge is 0.323 e. The zero-order chi connectivity index (χ0) is 17.9. The summed E-state index contributed by atoms with van der Waals surface area (Å²) < 4.78 is 0. The standard InChI is InChI=1S/C21H17N3O2/c25-20(22-16-10-11-18-19(13-16)24-21(26)23-18)17-9-5-4-8-15(17)12-14-6-2-1-3-7-14/h1-11,13H,12H2,(H,22,25)(H2,23,24,26). The second-order valence-corrected chi connectivity index (χ2v) is 6.11. The zero-order valence-corrected chi connectivity index (χ0v) is 14.0. The number of nitrogens with one attached hydrogen (secondary N) is 3. The molecule has 3 N–H and O–H groups in total. The molecule has 0 aliphatic rings. The number of carbonyl (C=O) groups is 1. The van der Waals surface area contributed by atoms with Crippen LogP contribution in [0.25, 0.3) is 11.0 Å². The fourth-order valence-electron chi connectivity index (χ4n) is 3.02. The van der Waals surface area contributed by atoms with Crippen LogP contribution in [0, 0.1) is 0 Å². The lowest BCUT2D eigenvalue weighted by Gasteiger charge is -2.10. The van der Waals surface area contributed by atoms with Crippen molar-refractivity contribution in [1.82, 2.24) is 9.97 Å². The Morgan fingerprint density at radius 2 is 1.58 bits per heavy atom. The number of rotatable bonds is 4. The van der Waals surface area contributed by atoms with Crippen LogP contribution in [0.1, 0.15) is 21.5 Å². The van der Waals surface area contributed by atoms with E-state index < -0.39 is 0 Å². The molecule has 0 spiro atoms. The average Bonchev–Trinajstić information content (AvgIpc) is 3.02. The Bertz CT molecular complexity index is 1130. The Morgan fingerprint density at radius 3 is 2.42 bits per heavy atom. The van der Waals surface area contributed by atoms with Crippen LogP contribution in [-0.4, -0.2) is 15.9 Å². The molecule has 0 radical (unpaired) electrons. The predicted molar refractivity (Wildman–Crippen MR) is 103 cm³/mol. The number of amides is 1. The molecule has 0 saturated heterocycles. The minimum atomic E-state index is -0.267. The Morgan fingerprint density at radius 1 is 0.846 bits per heavy atom. The molecule has 26 heavy (non-hydrogen) atoms. The number of hydrogen-bond donors (Lipinski definition) is 3. The number of aromatic nitrogens is 2. The van der Waals surface area contributed by atoms with Crippen LogP contribution >= 0.6 is 0 Å². The van der Waals surface area contributed by atoms with Crippen LogP contribution < -0.4 is 11.0 Å². The van der Waals surface area contributed by atoms with Gasteiger partial charge >= 0.3 is 5.69 Å². The molecule has 3 aromatic carbocycles. The van der Waals surface area contributed by atoms with Crippen molar-refractivity contribution in [3.63, 3.8) is 0 Å². The van der Waals surface area contributed by atoms with Crippen molar-refractivity contribution in [3.8, 4) is 0 Å². The summed E-state index contributed by atoms with van der Waals surface area (Å²) in [4.78, 5) is 29.5. The molecule has 5 nitrogen and oxygen atoms in total. The molecule has 0 bridgehead atoms. The van der Waals surface area contributed by atoms with Crippen molar-refractivity contribution < 1.29 is 4.79 Å². The molecule has 1 heterocycles. The van der Waals surface area contributed by atoms with Crippen LogP contribution in [-0.2, 0) is 6.42 Å². The van der Waals surface area contributed by atoms with Gasteiger partial charge in [0.05, 0.1) is 11.0 Å². The second-order valence-electron chi connectivity index (χ2n) is 6.11. The van der Waals surface area contributed by atoms with E-state index in [4.69, 9.17) is 0 Å². The summed E-state index contributed by atoms with van der Waals surface area (Å²) >= 11 is 0. The van der Waals surface area contributed by atoms with E-state index in [1.54, 1.807) is 18.2 Å². The number of anilines is 1. The van der Waals surface area contributed by atoms with Gasteiger partial charge in [-0.05, 0) is 41.8 Å². The van der Waals surface area contributed by atoms with Crippen LogP contribution in [0.3, 0.4) is 0 Å². The van der Waals surface area contributed by atoms with Gasteiger partial charge in [-0.15, -0.1) is 0 Å². The van der Waals surface area contributed by atoms with E-state index >= 15 is 0 Å². The van der Waals surface area contributed by atoms with Gasteiger partial charge in [-0.2, -0.15) is 0 Å². The van der Waals surface area contributed by atoms with Crippen molar-refractivity contribution in [2.75, 3.05) is 5.32 Å². The summed E-state index contributed by atoms with van der Waals surface area (Å²) in [5.74, 6) is -0.172. The number of fused-ring (bicyclic) bond motifs is 1. The fraction of sp³-hybridized carbons (Fsp3) is 0.0476. The van der Waals surface area contributed by atoms with Crippen LogP contribution in [0.5, 0.6) is 0 Å². The van der Waals surface area contributed by atoms with Gasteiger partial charge in [0.15, 0.2) is 0 Å². The molecule has 0 atom stereocenters. The fourth-order valence-corrected chi connectivity index (χ4v) is 3.02. The average molecular weight is 343 g/mol. The quantitative estimate of drug-likeness (QED) is 0.528. The highest BCUT2D eigenvalue weighted by atomic mass is 16.2. The maximum absolute atomic E-state index is 12.8. The van der Waals surface area contributed by atoms with E-state index in [-0.39, 0.29) is 11.6 Å². The Labute approximate surface area is 149 Å². The first kappa shape index (κ1) is 15.9. The summed E-state index contributed by atoms with van der Waals surface area (Å²) in [6, 6.07) is 22.9. The number of aromatic amines is 2. The molecule has 0 fully saturated rings. The maximum Gasteiger partial charge on any atom is 0.323 e. The molecule has 0 saturated carbocycles. The topological polar surface area (TPSA) is 77.8 Å². The third-order valence-corrected chi connectivity index (χ3v) is 4.27. The molecule has 0 unspecified atom stereocenters. The van der Waals surface area contributed by atoms with E-state index in [1.807, 2.05) is 54.6 Å². The van der Waals surface area contributed by atoms with Gasteiger partial charge < -0.3 is 15.3 Å². The Kier molecular flexibility index (Phi) is 4.11. The van der Waals surface area contributed by atoms with Gasteiger partial charge in [0.25, 0.3) is 5.91 Å². The van der Waals surface area contributed by atoms with Crippen molar-refractivity contribution in [1.29, 1.82) is 0 Å². The van der Waals surface area contributed by atoms with Crippen molar-refractivity contribution in [2.45, 2.75) is 6.42 Å². The number of benzene rings is 3. The third kappa shape index (κ3) is 3.28. The molecular weight excluding hydrogens is 326 g/mol. The molecule has 1 amide bonds. The Balaban J connectivity index is 1.60. The molecule has 4 aromatic rings. The third-order valence-electron chi connectivity index (χ3n) is 4.27. The first-order valence-corrected chi connectivity index (χ1v) is 8.34. The van der Waals surface area contributed by atoms with E-state index in [0.717, 1.165) is 11.1 Å². The molecule has 0 aliphatic heterocycles. The predicted octanol–water partition coefficient (Wildman–Crippen LogP) is 3.70. The number of H-pyrrole nitrogens is 2. The Hall–Kier alpha value is -3.60. The van der Waals surface area contributed by atoms with Crippen LogP contribution in [0.2, 0.25) is 0 Å². The summed E-state index contributed by atoms with van der Waals surface area (Å²) in [6.45, 7) is 0. The first-order chi connectivity index (χ1) is 12.7. The molecule has 5 heteroatoms. The SMILES string of the molecule is O=C(Nc1ccc2[nH]c(=O)[nH]c2c1)c1ccccc1Cc1ccccc1. The lowest BCUT2D eigenvalue weighted by atomic mass is 9.99. The summed E-state index contributed by atoms with van der Waals surface area (Å²) in [7, 11) is 0. The first-order valence-electron chi connectivity index (χ1n) is 8.34. The minimum Gasteiger partial charge on any atom is -0.322 e. The van der Waals surface area contributed by atoms with Gasteiger partial charge in [0.1, 0.15) is 0 Å². The van der Waals surface area contributed by atoms with Gasteiger partial charge in [-0.25, -0.2) is 4.79 Å². The van der Waals surface area contributed by atoms with Gasteiger partial charge in [-0.3, -0.25) is 4.79 Å². The number of carbonyl (C=O) groups excluding carboxylic acids is 1. The summed E-state index contributed by atoms with van der Waals surface area (Å²) in [6.07, 6.45) is 0.689. The number of hydrogen-bond acceptors (Lipinski definition) is 2. The van der Waals surface area contributed by atoms with Crippen molar-refractivity contribution in [2.24, 2.45) is 0 Å². The number of imidazole rings is 1. The highest BCUT2D eigenvalue weighted by molar-refractivity contribution is 6.06. The molecule has 1 aromatic heterocycles. The summed E-state index contributed by atoms with van der Waals surface area (Å²) in [5, 5.41) is 2.91. The van der Waals surface area contributed by atoms with Crippen LogP contribution in [0.4, 0.5) is 5.69 Å². The molecular formula is C21H17N3O2. The summed E-state index contributed by atoms with van der Waals surface area (Å²) in [5.41, 5.74) is 4.48. The van der Waals surface area contributed by atoms with Crippen molar-refractivity contribution in [3.05, 3.63) is 100.0 Å². The smallest absolute Gasteiger partial charge is 0.322 e. The maximum atomic E-state index is 12.8. The second kappa shape index (κ2) is 6.72. The zero-order valence-electron chi connectivity index (χ0n) is 14.0. The lowest BCUT2D eigenvalue weighted by molar-refractivity contribution is 0.102. The van der Waals surface area contributed by atoms with E-state index in [2.05, 4.69) is 15.3 Å². The van der Waals surface area contributed by atoms with Gasteiger partial charge in [-0.1, -0.05) is 48.5 Å². The van der Waals surface area contributed by atoms with E-state index in [1.165, 1.54) is 0 Å². The van der Waals surface area contributed by atoms with Crippen molar-refractivity contribution >= 4 is 22.6 Å². The highest BCUT2D eigenvalue weighted by Gasteiger charge is 2.12. The normalized spacial score (nSPS) is 10.8. The van der Waals surface area contributed by atoms with Gasteiger partial charge in [0, 0.05) is 11.3 Å². The van der Waals surface area contributed by atoms with Crippen LogP contribution in [0.15, 0.2) is 77.6 Å². The minimum absolute atomic E-state index is 0.172. The molecule has 4 rings (SSSR count). The highest BCUT2D eigenvalue weighted by Crippen LogP contribution is 2.18. The lowest BCUT2D eigenvalue weighted by Crippen LogP contribution is -2.14. The molecule has 128 valence electrons. The van der Waals surface area contributed by atoms with E-state index in [0.29, 0.717) is 28.7 Å². The molecule has 0 aliphatic carbocycles. The van der Waals surface area contributed by atoms with Gasteiger partial charge in [0.2, 0.25) is 0 Å². The monoisotopic (exact) mass is 343 g/mol.